The number of carbonyl (C=O) groups excluding carboxylic acids is 2. The summed E-state index contributed by atoms with van der Waals surface area (Å²) in [4.78, 5) is 26.5. The molecule has 0 radical (unpaired) electrons. The van der Waals surface area contributed by atoms with Crippen molar-refractivity contribution in [2.45, 2.75) is 52.0 Å². The van der Waals surface area contributed by atoms with Gasteiger partial charge in [0.25, 0.3) is 0 Å². The first kappa shape index (κ1) is 18.7. The van der Waals surface area contributed by atoms with Crippen LogP contribution in [0.2, 0.25) is 0 Å². The highest BCUT2D eigenvalue weighted by Crippen LogP contribution is 2.59. The van der Waals surface area contributed by atoms with Gasteiger partial charge in [0, 0.05) is 19.0 Å². The van der Waals surface area contributed by atoms with Crippen LogP contribution in [0.3, 0.4) is 0 Å². The number of carbonyl (C=O) groups is 2. The second kappa shape index (κ2) is 8.11. The average molecular weight is 358 g/mol. The monoisotopic (exact) mass is 358 g/mol. The number of rotatable bonds is 6. The maximum atomic E-state index is 12.6. The summed E-state index contributed by atoms with van der Waals surface area (Å²) in [5.74, 6) is 0.243. The van der Waals surface area contributed by atoms with Gasteiger partial charge in [0.15, 0.2) is 0 Å². The Labute approximate surface area is 156 Å². The van der Waals surface area contributed by atoms with Crippen LogP contribution in [0.25, 0.3) is 0 Å². The minimum absolute atomic E-state index is 0.0231. The van der Waals surface area contributed by atoms with Crippen molar-refractivity contribution in [1.82, 2.24) is 10.2 Å². The van der Waals surface area contributed by atoms with E-state index in [2.05, 4.69) is 12.2 Å². The highest BCUT2D eigenvalue weighted by molar-refractivity contribution is 5.83. The zero-order valence-electron chi connectivity index (χ0n) is 15.9. The predicted molar refractivity (Wildman–Crippen MR) is 101 cm³/mol. The lowest BCUT2D eigenvalue weighted by Gasteiger charge is -2.32. The quantitative estimate of drug-likeness (QED) is 0.785. The van der Waals surface area contributed by atoms with Crippen LogP contribution < -0.4 is 5.32 Å². The van der Waals surface area contributed by atoms with Gasteiger partial charge >= 0.3 is 6.09 Å². The number of nitrogens with one attached hydrogen (secondary N) is 1. The second-order valence-electron chi connectivity index (χ2n) is 7.72. The fourth-order valence-electron chi connectivity index (χ4n) is 3.94. The van der Waals surface area contributed by atoms with Crippen LogP contribution in [-0.2, 0) is 9.53 Å². The van der Waals surface area contributed by atoms with E-state index in [-0.39, 0.29) is 29.4 Å². The molecule has 0 aromatic heterocycles. The summed E-state index contributed by atoms with van der Waals surface area (Å²) in [5.41, 5.74) is 1.22. The SMILES string of the molecule is CCCCOC(=O)N1CCC2(CC1)CC2C(=O)N[C@@H](C)c1ccccc1. The first-order valence-electron chi connectivity index (χ1n) is 9.83. The summed E-state index contributed by atoms with van der Waals surface area (Å²) >= 11 is 0. The largest absolute Gasteiger partial charge is 0.449 e. The molecule has 1 saturated carbocycles. The van der Waals surface area contributed by atoms with Crippen molar-refractivity contribution in [3.8, 4) is 0 Å². The fourth-order valence-corrected chi connectivity index (χ4v) is 3.94. The number of ether oxygens (including phenoxy) is 1. The summed E-state index contributed by atoms with van der Waals surface area (Å²) < 4.78 is 5.29. The molecule has 1 spiro atoms. The Morgan fingerprint density at radius 3 is 2.62 bits per heavy atom. The van der Waals surface area contributed by atoms with E-state index in [4.69, 9.17) is 4.74 Å². The molecule has 26 heavy (non-hydrogen) atoms. The van der Waals surface area contributed by atoms with Crippen LogP contribution >= 0.6 is 0 Å². The topological polar surface area (TPSA) is 58.6 Å². The molecular weight excluding hydrogens is 328 g/mol. The van der Waals surface area contributed by atoms with Gasteiger partial charge < -0.3 is 15.0 Å². The molecule has 142 valence electrons. The lowest BCUT2D eigenvalue weighted by molar-refractivity contribution is -0.124. The zero-order chi connectivity index (χ0) is 18.6. The van der Waals surface area contributed by atoms with E-state index >= 15 is 0 Å². The third-order valence-electron chi connectivity index (χ3n) is 5.91. The molecule has 1 aromatic carbocycles. The molecule has 1 aliphatic heterocycles. The number of amides is 2. The Bertz CT molecular complexity index is 623. The molecule has 2 amide bonds. The molecule has 0 bridgehead atoms. The number of unbranched alkanes of at least 4 members (excludes halogenated alkanes) is 1. The molecule has 2 aliphatic rings. The standard InChI is InChI=1S/C21H30N2O3/c1-3-4-14-26-20(25)23-12-10-21(11-13-23)15-18(21)19(24)22-16(2)17-8-6-5-7-9-17/h5-9,16,18H,3-4,10-15H2,1-2H3,(H,22,24)/t16-,18?/m0/s1. The van der Waals surface area contributed by atoms with Crippen LogP contribution in [0.5, 0.6) is 0 Å². The molecule has 1 aromatic rings. The molecule has 3 rings (SSSR count). The number of nitrogens with zero attached hydrogens (tertiary/aromatic N) is 1. The molecule has 2 atom stereocenters. The van der Waals surface area contributed by atoms with E-state index < -0.39 is 0 Å². The smallest absolute Gasteiger partial charge is 0.409 e. The summed E-state index contributed by atoms with van der Waals surface area (Å²) in [7, 11) is 0. The van der Waals surface area contributed by atoms with Crippen LogP contribution in [0, 0.1) is 11.3 Å². The normalized spacial score (nSPS) is 21.9. The molecule has 1 unspecified atom stereocenters. The molecule has 5 nitrogen and oxygen atoms in total. The number of benzene rings is 1. The van der Waals surface area contributed by atoms with E-state index in [0.717, 1.165) is 37.7 Å². The highest BCUT2D eigenvalue weighted by Gasteiger charge is 2.58. The van der Waals surface area contributed by atoms with Crippen molar-refractivity contribution in [3.63, 3.8) is 0 Å². The molecule has 1 N–H and O–H groups in total. The van der Waals surface area contributed by atoms with Gasteiger partial charge in [0.2, 0.25) is 5.91 Å². The Kier molecular flexibility index (Phi) is 5.84. The number of likely N-dealkylation sites (tertiary alicyclic amines) is 1. The van der Waals surface area contributed by atoms with Gasteiger partial charge in [-0.1, -0.05) is 43.7 Å². The third-order valence-corrected chi connectivity index (χ3v) is 5.91. The first-order valence-corrected chi connectivity index (χ1v) is 9.83. The van der Waals surface area contributed by atoms with Crippen LogP contribution in [0.4, 0.5) is 4.79 Å². The van der Waals surface area contributed by atoms with Crippen molar-refractivity contribution >= 4 is 12.0 Å². The Balaban J connectivity index is 1.45. The Morgan fingerprint density at radius 1 is 1.27 bits per heavy atom. The van der Waals surface area contributed by atoms with Gasteiger partial charge in [0.05, 0.1) is 12.6 Å². The number of hydrogen-bond acceptors (Lipinski definition) is 3. The molecule has 1 saturated heterocycles. The number of hydrogen-bond donors (Lipinski definition) is 1. The zero-order valence-corrected chi connectivity index (χ0v) is 15.9. The highest BCUT2D eigenvalue weighted by atomic mass is 16.6. The lowest BCUT2D eigenvalue weighted by atomic mass is 9.90. The van der Waals surface area contributed by atoms with E-state index in [1.165, 1.54) is 0 Å². The fraction of sp³-hybridized carbons (Fsp3) is 0.619. The van der Waals surface area contributed by atoms with Gasteiger partial charge in [-0.05, 0) is 43.6 Å². The van der Waals surface area contributed by atoms with E-state index in [0.29, 0.717) is 19.7 Å². The number of piperidine rings is 1. The van der Waals surface area contributed by atoms with E-state index in [1.54, 1.807) is 4.90 Å². The molecule has 5 heteroatoms. The van der Waals surface area contributed by atoms with E-state index in [9.17, 15) is 9.59 Å². The molecule has 1 heterocycles. The summed E-state index contributed by atoms with van der Waals surface area (Å²) in [6.45, 7) is 6.00. The first-order chi connectivity index (χ1) is 12.6. The van der Waals surface area contributed by atoms with Crippen molar-refractivity contribution in [2.75, 3.05) is 19.7 Å². The van der Waals surface area contributed by atoms with Gasteiger partial charge in [0.1, 0.15) is 0 Å². The molecule has 1 aliphatic carbocycles. The lowest BCUT2D eigenvalue weighted by Crippen LogP contribution is -2.41. The van der Waals surface area contributed by atoms with Crippen LogP contribution in [0.1, 0.15) is 57.6 Å². The van der Waals surface area contributed by atoms with Crippen molar-refractivity contribution < 1.29 is 14.3 Å². The van der Waals surface area contributed by atoms with Crippen LogP contribution in [0.15, 0.2) is 30.3 Å². The maximum absolute atomic E-state index is 12.6. The summed E-state index contributed by atoms with van der Waals surface area (Å²) in [6, 6.07) is 10.1. The predicted octanol–water partition coefficient (Wildman–Crippen LogP) is 3.90. The van der Waals surface area contributed by atoms with Gasteiger partial charge in [-0.25, -0.2) is 4.79 Å². The minimum atomic E-state index is -0.201. The van der Waals surface area contributed by atoms with Crippen LogP contribution in [-0.4, -0.2) is 36.6 Å². The maximum Gasteiger partial charge on any atom is 0.409 e. The average Bonchev–Trinajstić information content (AvgIpc) is 3.36. The Hall–Kier alpha value is -2.04. The third kappa shape index (κ3) is 4.19. The summed E-state index contributed by atoms with van der Waals surface area (Å²) in [6.07, 6.45) is 4.47. The summed E-state index contributed by atoms with van der Waals surface area (Å²) in [5, 5.41) is 3.15. The van der Waals surface area contributed by atoms with Crippen molar-refractivity contribution in [1.29, 1.82) is 0 Å². The molecule has 2 fully saturated rings. The Morgan fingerprint density at radius 2 is 1.96 bits per heavy atom. The van der Waals surface area contributed by atoms with E-state index in [1.807, 2.05) is 37.3 Å². The van der Waals surface area contributed by atoms with Crippen molar-refractivity contribution in [2.24, 2.45) is 11.3 Å². The minimum Gasteiger partial charge on any atom is -0.449 e. The second-order valence-corrected chi connectivity index (χ2v) is 7.72. The van der Waals surface area contributed by atoms with Gasteiger partial charge in [-0.2, -0.15) is 0 Å². The van der Waals surface area contributed by atoms with Crippen molar-refractivity contribution in [3.05, 3.63) is 35.9 Å². The van der Waals surface area contributed by atoms with Gasteiger partial charge in [-0.15, -0.1) is 0 Å². The molecular formula is C21H30N2O3. The van der Waals surface area contributed by atoms with Gasteiger partial charge in [-0.3, -0.25) is 4.79 Å².